The number of carbonyl (C=O) groups is 2. The molecule has 4 aromatic carbocycles. The molecule has 0 bridgehead atoms. The first-order chi connectivity index (χ1) is 26.0. The minimum Gasteiger partial charge on any atom is -0.870 e. The number of aliphatic hydroxyl groups is 1. The Bertz CT molecular complexity index is 2180. The first-order valence-corrected chi connectivity index (χ1v) is 17.1. The molecular weight excluding hydrogens is 715 g/mol. The van der Waals surface area contributed by atoms with Crippen molar-refractivity contribution in [2.24, 2.45) is 0 Å². The van der Waals surface area contributed by atoms with Crippen LogP contribution in [0.1, 0.15) is 20.7 Å². The number of morpholine rings is 2. The van der Waals surface area contributed by atoms with E-state index in [0.29, 0.717) is 48.5 Å². The molecule has 0 atom stereocenters. The van der Waals surface area contributed by atoms with Gasteiger partial charge in [0, 0.05) is 44.4 Å². The largest absolute Gasteiger partial charge is 1.00 e. The maximum absolute atomic E-state index is 11.8. The van der Waals surface area contributed by atoms with E-state index in [-0.39, 0.29) is 46.6 Å². The molecule has 2 aromatic heterocycles. The number of aliphatic hydroxyl groups excluding tert-OH is 1. The number of hydrogen-bond donors (Lipinski definition) is 2. The van der Waals surface area contributed by atoms with Gasteiger partial charge in [0.05, 0.1) is 66.7 Å². The van der Waals surface area contributed by atoms with E-state index in [2.05, 4.69) is 9.80 Å². The van der Waals surface area contributed by atoms with Gasteiger partial charge in [-0.25, -0.2) is 29.5 Å². The normalized spacial score (nSPS) is 13.6. The van der Waals surface area contributed by atoms with Crippen molar-refractivity contribution < 1.29 is 69.0 Å². The van der Waals surface area contributed by atoms with Crippen LogP contribution in [0.2, 0.25) is 0 Å². The van der Waals surface area contributed by atoms with Crippen molar-refractivity contribution in [3.8, 4) is 22.5 Å². The maximum Gasteiger partial charge on any atom is 1.00 e. The number of carboxylic acid groups (broad SMARTS) is 1. The van der Waals surface area contributed by atoms with Crippen molar-refractivity contribution in [2.45, 2.75) is 0 Å². The predicted molar refractivity (Wildman–Crippen MR) is 204 cm³/mol. The number of benzene rings is 4. The van der Waals surface area contributed by atoms with Crippen LogP contribution < -0.4 is 39.4 Å². The fourth-order valence-corrected chi connectivity index (χ4v) is 6.04. The molecule has 3 N–H and O–H groups in total. The van der Waals surface area contributed by atoms with Gasteiger partial charge >= 0.3 is 41.5 Å². The third kappa shape index (κ3) is 10.2. The molecule has 2 aliphatic rings. The average Bonchev–Trinajstić information content (AvgIpc) is 3.24. The number of fused-ring (bicyclic) bond motifs is 2. The van der Waals surface area contributed by atoms with E-state index in [1.54, 1.807) is 30.3 Å². The number of anilines is 2. The standard InChI is InChI=1S/C20H19N3O3.C19H17N3O3.CH4O.Na.H2O/c1-25-20(24)15-7-8-16-17(13-15)22-19(23-9-11-26-12-10-23)18(21-16)14-5-3-2-4-6-14;23-19(24)14-6-7-15-16(12-14)21-18(22-8-10-25-11-9-22)17(20-15)13-4-2-1-3-5-13;1-2;;/h2-8,13H,9-12H2,1H3;1-7,12H,8-11H2,(H,23,24);2H,1H3;;1H2/q;;;+1;/p-1. The van der Waals surface area contributed by atoms with Crippen molar-refractivity contribution in [1.82, 2.24) is 19.9 Å². The summed E-state index contributed by atoms with van der Waals surface area (Å²) in [5.74, 6) is 0.232. The molecule has 55 heavy (non-hydrogen) atoms. The summed E-state index contributed by atoms with van der Waals surface area (Å²) in [6, 6.07) is 30.0. The Morgan fingerprint density at radius 1 is 0.600 bits per heavy atom. The SMILES string of the molecule is CO.COC(=O)c1ccc2nc(-c3ccccc3)c(N3CCOCC3)nc2c1.O=C(O)c1ccc2nc(-c3ccccc3)c(N3CCOCC3)nc2c1.[Na+].[OH-]. The molecule has 4 heterocycles. The van der Waals surface area contributed by atoms with Gasteiger partial charge < -0.3 is 39.7 Å². The molecule has 0 amide bonds. The minimum atomic E-state index is -0.969. The van der Waals surface area contributed by atoms with Gasteiger partial charge in [-0.1, -0.05) is 60.7 Å². The van der Waals surface area contributed by atoms with E-state index in [0.717, 1.165) is 73.0 Å². The van der Waals surface area contributed by atoms with E-state index in [1.807, 2.05) is 66.7 Å². The third-order valence-corrected chi connectivity index (χ3v) is 8.68. The summed E-state index contributed by atoms with van der Waals surface area (Å²) in [6.07, 6.45) is 0. The number of hydrogen-bond acceptors (Lipinski definition) is 13. The van der Waals surface area contributed by atoms with Crippen LogP contribution in [0.3, 0.4) is 0 Å². The Morgan fingerprint density at radius 2 is 1.00 bits per heavy atom. The zero-order chi connectivity index (χ0) is 37.2. The summed E-state index contributed by atoms with van der Waals surface area (Å²) in [7, 11) is 2.37. The molecule has 0 radical (unpaired) electrons. The zero-order valence-corrected chi connectivity index (χ0v) is 33.0. The van der Waals surface area contributed by atoms with E-state index in [1.165, 1.54) is 7.11 Å². The molecule has 8 rings (SSSR count). The van der Waals surface area contributed by atoms with E-state index >= 15 is 0 Å². The first-order valence-electron chi connectivity index (χ1n) is 17.1. The quantitative estimate of drug-likeness (QED) is 0.186. The topological polar surface area (TPSA) is 190 Å². The van der Waals surface area contributed by atoms with Crippen molar-refractivity contribution in [3.05, 3.63) is 108 Å². The molecule has 2 saturated heterocycles. The van der Waals surface area contributed by atoms with Crippen molar-refractivity contribution >= 4 is 45.6 Å². The van der Waals surface area contributed by atoms with Crippen LogP contribution in [0.25, 0.3) is 44.6 Å². The van der Waals surface area contributed by atoms with Crippen LogP contribution in [0.5, 0.6) is 0 Å². The average molecular weight is 757 g/mol. The third-order valence-electron chi connectivity index (χ3n) is 8.68. The van der Waals surface area contributed by atoms with Crippen molar-refractivity contribution in [3.63, 3.8) is 0 Å². The first kappa shape index (κ1) is 42.7. The number of carbonyl (C=O) groups excluding carboxylic acids is 1. The van der Waals surface area contributed by atoms with Gasteiger partial charge in [0.2, 0.25) is 0 Å². The number of carboxylic acids is 1. The number of aromatic carboxylic acids is 1. The van der Waals surface area contributed by atoms with E-state index in [4.69, 9.17) is 39.3 Å². The molecule has 0 aliphatic carbocycles. The summed E-state index contributed by atoms with van der Waals surface area (Å²) in [4.78, 5) is 46.7. The molecular formula is C40H41N6NaO8. The number of rotatable bonds is 6. The summed E-state index contributed by atoms with van der Waals surface area (Å²) in [5, 5.41) is 16.2. The predicted octanol–water partition coefficient (Wildman–Crippen LogP) is 2.19. The second-order valence-electron chi connectivity index (χ2n) is 11.9. The van der Waals surface area contributed by atoms with Crippen LogP contribution >= 0.6 is 0 Å². The molecule has 0 saturated carbocycles. The maximum atomic E-state index is 11.8. The Kier molecular flexibility index (Phi) is 16.0. The van der Waals surface area contributed by atoms with Crippen molar-refractivity contribution in [2.75, 3.05) is 76.6 Å². The van der Waals surface area contributed by atoms with E-state index < -0.39 is 5.97 Å². The van der Waals surface area contributed by atoms with Gasteiger partial charge in [-0.3, -0.25) is 0 Å². The van der Waals surface area contributed by atoms with Gasteiger partial charge in [0.25, 0.3) is 0 Å². The van der Waals surface area contributed by atoms with Crippen LogP contribution in [-0.4, -0.2) is 114 Å². The van der Waals surface area contributed by atoms with Gasteiger partial charge in [-0.05, 0) is 36.4 Å². The van der Waals surface area contributed by atoms with Crippen LogP contribution in [-0.2, 0) is 14.2 Å². The summed E-state index contributed by atoms with van der Waals surface area (Å²) in [5.41, 5.74) is 7.01. The monoisotopic (exact) mass is 756 g/mol. The molecule has 2 fully saturated rings. The summed E-state index contributed by atoms with van der Waals surface area (Å²) in [6.45, 7) is 5.60. The molecule has 15 heteroatoms. The Hall–Kier alpha value is -5.06. The molecule has 2 aliphatic heterocycles. The fourth-order valence-electron chi connectivity index (χ4n) is 6.04. The Labute approximate surface area is 340 Å². The number of aromatic nitrogens is 4. The van der Waals surface area contributed by atoms with Gasteiger partial charge in [0.15, 0.2) is 11.6 Å². The van der Waals surface area contributed by atoms with Gasteiger partial charge in [0.1, 0.15) is 11.4 Å². The second-order valence-corrected chi connectivity index (χ2v) is 11.9. The van der Waals surface area contributed by atoms with Gasteiger partial charge in [-0.2, -0.15) is 0 Å². The smallest absolute Gasteiger partial charge is 0.870 e. The summed E-state index contributed by atoms with van der Waals surface area (Å²) >= 11 is 0. The zero-order valence-electron chi connectivity index (χ0n) is 31.0. The van der Waals surface area contributed by atoms with Crippen LogP contribution in [0.15, 0.2) is 97.1 Å². The van der Waals surface area contributed by atoms with Crippen LogP contribution in [0, 0.1) is 0 Å². The number of methoxy groups -OCH3 is 1. The summed E-state index contributed by atoms with van der Waals surface area (Å²) < 4.78 is 15.7. The number of nitrogens with zero attached hydrogens (tertiary/aromatic N) is 6. The van der Waals surface area contributed by atoms with Crippen LogP contribution in [0.4, 0.5) is 11.6 Å². The number of esters is 1. The number of ether oxygens (including phenoxy) is 3. The second kappa shape index (κ2) is 20.6. The van der Waals surface area contributed by atoms with Gasteiger partial charge in [-0.15, -0.1) is 0 Å². The Balaban J connectivity index is 0.000000226. The Morgan fingerprint density at radius 3 is 1.40 bits per heavy atom. The molecule has 6 aromatic rings. The minimum absolute atomic E-state index is 0. The molecule has 280 valence electrons. The fraction of sp³-hybridized carbons (Fsp3) is 0.250. The molecule has 0 unspecified atom stereocenters. The molecule has 0 spiro atoms. The molecule has 14 nitrogen and oxygen atoms in total. The van der Waals surface area contributed by atoms with E-state index in [9.17, 15) is 14.7 Å². The van der Waals surface area contributed by atoms with Crippen molar-refractivity contribution in [1.29, 1.82) is 0 Å².